The van der Waals surface area contributed by atoms with E-state index in [-0.39, 0.29) is 18.0 Å². The molecule has 1 rings (SSSR count). The molecule has 0 saturated carbocycles. The monoisotopic (exact) mass is 364 g/mol. The predicted molar refractivity (Wildman–Crippen MR) is 98.0 cm³/mol. The van der Waals surface area contributed by atoms with Gasteiger partial charge in [0.2, 0.25) is 5.91 Å². The molecule has 7 nitrogen and oxygen atoms in total. The number of nitrogens with one attached hydrogen (secondary N) is 1. The summed E-state index contributed by atoms with van der Waals surface area (Å²) in [5.41, 5.74) is -0.0461. The summed E-state index contributed by atoms with van der Waals surface area (Å²) in [7, 11) is 1.48. The van der Waals surface area contributed by atoms with Crippen LogP contribution in [0.2, 0.25) is 0 Å². The molecule has 0 aromatic heterocycles. The lowest BCUT2D eigenvalue weighted by Crippen LogP contribution is -2.46. The Morgan fingerprint density at radius 2 is 1.73 bits per heavy atom. The minimum atomic E-state index is -0.604. The van der Waals surface area contributed by atoms with Gasteiger partial charge in [0, 0.05) is 12.6 Å². The molecule has 2 amide bonds. The van der Waals surface area contributed by atoms with Crippen LogP contribution in [-0.2, 0) is 14.3 Å². The summed E-state index contributed by atoms with van der Waals surface area (Å²) < 4.78 is 10.5. The van der Waals surface area contributed by atoms with E-state index < -0.39 is 18.5 Å². The number of ether oxygens (including phenoxy) is 2. The first-order valence-electron chi connectivity index (χ1n) is 8.57. The fraction of sp³-hybridized carbons (Fsp3) is 0.526. The van der Waals surface area contributed by atoms with Gasteiger partial charge in [0.25, 0.3) is 5.91 Å². The molecule has 1 aromatic rings. The van der Waals surface area contributed by atoms with Crippen molar-refractivity contribution in [3.8, 4) is 5.75 Å². The summed E-state index contributed by atoms with van der Waals surface area (Å²) in [5, 5.41) is 2.76. The molecular formula is C19H28N2O5. The van der Waals surface area contributed by atoms with Gasteiger partial charge < -0.3 is 19.7 Å². The molecule has 26 heavy (non-hydrogen) atoms. The van der Waals surface area contributed by atoms with Gasteiger partial charge in [-0.25, -0.2) is 4.79 Å². The van der Waals surface area contributed by atoms with Gasteiger partial charge in [0.1, 0.15) is 5.75 Å². The molecule has 1 N–H and O–H groups in total. The minimum absolute atomic E-state index is 0.100. The molecular weight excluding hydrogens is 336 g/mol. The van der Waals surface area contributed by atoms with Crippen molar-refractivity contribution in [1.82, 2.24) is 10.2 Å². The number of amides is 2. The number of likely N-dealkylation sites (N-methyl/N-ethyl adjacent to an activating group) is 1. The molecule has 0 aliphatic heterocycles. The van der Waals surface area contributed by atoms with Crippen LogP contribution in [0.15, 0.2) is 24.3 Å². The smallest absolute Gasteiger partial charge is 0.338 e. The molecule has 0 unspecified atom stereocenters. The van der Waals surface area contributed by atoms with Gasteiger partial charge in [-0.3, -0.25) is 9.59 Å². The normalized spacial score (nSPS) is 10.8. The summed E-state index contributed by atoms with van der Waals surface area (Å²) in [4.78, 5) is 37.0. The van der Waals surface area contributed by atoms with Crippen molar-refractivity contribution in [2.24, 2.45) is 0 Å². The minimum Gasteiger partial charge on any atom is -0.494 e. The Hall–Kier alpha value is -2.57. The van der Waals surface area contributed by atoms with E-state index in [0.717, 1.165) is 6.42 Å². The summed E-state index contributed by atoms with van der Waals surface area (Å²) in [6, 6.07) is 6.52. The first-order valence-corrected chi connectivity index (χ1v) is 8.57. The average Bonchev–Trinajstić information content (AvgIpc) is 2.56. The molecule has 1 aromatic carbocycles. The fourth-order valence-corrected chi connectivity index (χ4v) is 1.99. The van der Waals surface area contributed by atoms with Gasteiger partial charge >= 0.3 is 5.97 Å². The van der Waals surface area contributed by atoms with Crippen molar-refractivity contribution in [1.29, 1.82) is 0 Å². The largest absolute Gasteiger partial charge is 0.494 e. The molecule has 0 heterocycles. The third kappa shape index (κ3) is 8.00. The number of esters is 1. The zero-order valence-electron chi connectivity index (χ0n) is 16.1. The number of nitrogens with zero attached hydrogens (tertiary/aromatic N) is 1. The lowest BCUT2D eigenvalue weighted by Gasteiger charge is -2.23. The topological polar surface area (TPSA) is 84.9 Å². The number of carbonyl (C=O) groups excluding carboxylic acids is 3. The van der Waals surface area contributed by atoms with Crippen molar-refractivity contribution in [2.45, 2.75) is 39.7 Å². The summed E-state index contributed by atoms with van der Waals surface area (Å²) in [5.74, 6) is -0.662. The van der Waals surface area contributed by atoms with Crippen LogP contribution in [0, 0.1) is 0 Å². The highest BCUT2D eigenvalue weighted by molar-refractivity contribution is 5.92. The zero-order chi connectivity index (χ0) is 19.7. The lowest BCUT2D eigenvalue weighted by atomic mass is 10.1. The van der Waals surface area contributed by atoms with Crippen molar-refractivity contribution < 1.29 is 23.9 Å². The van der Waals surface area contributed by atoms with Gasteiger partial charge in [-0.2, -0.15) is 0 Å². The van der Waals surface area contributed by atoms with E-state index in [1.165, 1.54) is 11.9 Å². The predicted octanol–water partition coefficient (Wildman–Crippen LogP) is 2.01. The molecule has 0 radical (unpaired) electrons. The maximum absolute atomic E-state index is 12.0. The number of hydrogen-bond donors (Lipinski definition) is 1. The first-order chi connectivity index (χ1) is 12.1. The molecule has 0 bridgehead atoms. The number of carbonyl (C=O) groups is 3. The highest BCUT2D eigenvalue weighted by atomic mass is 16.5. The van der Waals surface area contributed by atoms with E-state index in [2.05, 4.69) is 5.32 Å². The Kier molecular flexibility index (Phi) is 8.09. The molecule has 7 heteroatoms. The molecule has 0 aliphatic rings. The van der Waals surface area contributed by atoms with Gasteiger partial charge in [-0.05, 0) is 51.5 Å². The van der Waals surface area contributed by atoms with Gasteiger partial charge in [0.15, 0.2) is 6.61 Å². The zero-order valence-corrected chi connectivity index (χ0v) is 16.1. The third-order valence-corrected chi connectivity index (χ3v) is 3.21. The van der Waals surface area contributed by atoms with E-state index >= 15 is 0 Å². The summed E-state index contributed by atoms with van der Waals surface area (Å²) in [6.45, 7) is 7.65. The Morgan fingerprint density at radius 3 is 2.27 bits per heavy atom. The van der Waals surface area contributed by atoms with Crippen molar-refractivity contribution in [3.63, 3.8) is 0 Å². The Labute approximate surface area is 154 Å². The van der Waals surface area contributed by atoms with Crippen LogP contribution < -0.4 is 10.1 Å². The Balaban J connectivity index is 2.45. The van der Waals surface area contributed by atoms with Crippen molar-refractivity contribution in [3.05, 3.63) is 29.8 Å². The number of benzene rings is 1. The SMILES string of the molecule is CCCOc1ccc(C(=O)OCC(=O)N(C)CC(=O)NC(C)(C)C)cc1. The third-order valence-electron chi connectivity index (χ3n) is 3.21. The van der Waals surface area contributed by atoms with Crippen LogP contribution in [0.5, 0.6) is 5.75 Å². The maximum atomic E-state index is 12.0. The molecule has 0 atom stereocenters. The maximum Gasteiger partial charge on any atom is 0.338 e. The fourth-order valence-electron chi connectivity index (χ4n) is 1.99. The van der Waals surface area contributed by atoms with Crippen LogP contribution in [-0.4, -0.2) is 55.0 Å². The van der Waals surface area contributed by atoms with E-state index in [1.807, 2.05) is 27.7 Å². The van der Waals surface area contributed by atoms with E-state index in [4.69, 9.17) is 9.47 Å². The second kappa shape index (κ2) is 9.79. The van der Waals surface area contributed by atoms with Crippen LogP contribution in [0.4, 0.5) is 0 Å². The van der Waals surface area contributed by atoms with E-state index in [1.54, 1.807) is 24.3 Å². The van der Waals surface area contributed by atoms with Crippen molar-refractivity contribution >= 4 is 17.8 Å². The highest BCUT2D eigenvalue weighted by Crippen LogP contribution is 2.13. The second-order valence-corrected chi connectivity index (χ2v) is 7.00. The number of hydrogen-bond acceptors (Lipinski definition) is 5. The molecule has 144 valence electrons. The average molecular weight is 364 g/mol. The van der Waals surface area contributed by atoms with Crippen LogP contribution in [0.1, 0.15) is 44.5 Å². The van der Waals surface area contributed by atoms with E-state index in [0.29, 0.717) is 17.9 Å². The van der Waals surface area contributed by atoms with Gasteiger partial charge in [-0.1, -0.05) is 6.92 Å². The number of rotatable bonds is 8. The Morgan fingerprint density at radius 1 is 1.12 bits per heavy atom. The van der Waals surface area contributed by atoms with Gasteiger partial charge in [-0.15, -0.1) is 0 Å². The standard InChI is InChI=1S/C19H28N2O5/c1-6-11-25-15-9-7-14(8-10-15)18(24)26-13-17(23)21(5)12-16(22)20-19(2,3)4/h7-10H,6,11-13H2,1-5H3,(H,20,22). The van der Waals surface area contributed by atoms with E-state index in [9.17, 15) is 14.4 Å². The van der Waals surface area contributed by atoms with Crippen LogP contribution >= 0.6 is 0 Å². The van der Waals surface area contributed by atoms with Crippen molar-refractivity contribution in [2.75, 3.05) is 26.8 Å². The molecule has 0 saturated heterocycles. The molecule has 0 fully saturated rings. The summed E-state index contributed by atoms with van der Waals surface area (Å²) in [6.07, 6.45) is 0.896. The summed E-state index contributed by atoms with van der Waals surface area (Å²) >= 11 is 0. The first kappa shape index (κ1) is 21.5. The van der Waals surface area contributed by atoms with Crippen LogP contribution in [0.3, 0.4) is 0 Å². The van der Waals surface area contributed by atoms with Crippen LogP contribution in [0.25, 0.3) is 0 Å². The second-order valence-electron chi connectivity index (χ2n) is 7.00. The molecule has 0 spiro atoms. The lowest BCUT2D eigenvalue weighted by molar-refractivity contribution is -0.137. The highest BCUT2D eigenvalue weighted by Gasteiger charge is 2.19. The molecule has 0 aliphatic carbocycles. The quantitative estimate of drug-likeness (QED) is 0.713. The Bertz CT molecular complexity index is 620. The van der Waals surface area contributed by atoms with Gasteiger partial charge in [0.05, 0.1) is 18.7 Å².